The van der Waals surface area contributed by atoms with Crippen molar-refractivity contribution in [2.24, 2.45) is 0 Å². The van der Waals surface area contributed by atoms with E-state index in [9.17, 15) is 0 Å². The van der Waals surface area contributed by atoms with Gasteiger partial charge in [-0.25, -0.2) is 0 Å². The summed E-state index contributed by atoms with van der Waals surface area (Å²) < 4.78 is 5.48. The van der Waals surface area contributed by atoms with Gasteiger partial charge in [-0.1, -0.05) is 43.8 Å². The predicted octanol–water partition coefficient (Wildman–Crippen LogP) is 4.03. The van der Waals surface area contributed by atoms with Gasteiger partial charge in [0.2, 0.25) is 0 Å². The van der Waals surface area contributed by atoms with Crippen molar-refractivity contribution in [3.63, 3.8) is 0 Å². The van der Waals surface area contributed by atoms with Crippen LogP contribution in [-0.2, 0) is 4.74 Å². The van der Waals surface area contributed by atoms with E-state index >= 15 is 0 Å². The van der Waals surface area contributed by atoms with E-state index in [0.717, 1.165) is 23.3 Å². The molecule has 0 amide bonds. The van der Waals surface area contributed by atoms with Gasteiger partial charge in [-0.2, -0.15) is 0 Å². The zero-order valence-electron chi connectivity index (χ0n) is 9.49. The van der Waals surface area contributed by atoms with Gasteiger partial charge in [0.15, 0.2) is 0 Å². The van der Waals surface area contributed by atoms with E-state index in [4.69, 9.17) is 4.74 Å². The van der Waals surface area contributed by atoms with Crippen LogP contribution >= 0.6 is 0 Å². The lowest BCUT2D eigenvalue weighted by Crippen LogP contribution is -1.90. The maximum atomic E-state index is 5.48. The Balaban J connectivity index is 2.77. The summed E-state index contributed by atoms with van der Waals surface area (Å²) in [6, 6.07) is 10.1. The zero-order valence-corrected chi connectivity index (χ0v) is 9.49. The summed E-state index contributed by atoms with van der Waals surface area (Å²) in [6.07, 6.45) is 2.92. The molecule has 0 atom stereocenters. The summed E-state index contributed by atoms with van der Waals surface area (Å²) in [5, 5.41) is 0. The van der Waals surface area contributed by atoms with Crippen molar-refractivity contribution in [1.29, 1.82) is 0 Å². The molecule has 1 rings (SSSR count). The van der Waals surface area contributed by atoms with Gasteiger partial charge in [0.05, 0.1) is 12.4 Å². The van der Waals surface area contributed by atoms with Gasteiger partial charge >= 0.3 is 0 Å². The highest BCUT2D eigenvalue weighted by Gasteiger charge is 1.98. The molecule has 1 aromatic carbocycles. The van der Waals surface area contributed by atoms with Crippen LogP contribution in [0.4, 0.5) is 0 Å². The first-order chi connectivity index (χ1) is 7.27. The Kier molecular flexibility index (Phi) is 4.69. The Morgan fingerprint density at radius 3 is 2.47 bits per heavy atom. The second kappa shape index (κ2) is 6.07. The van der Waals surface area contributed by atoms with E-state index in [-0.39, 0.29) is 0 Å². The third-order valence-corrected chi connectivity index (χ3v) is 2.16. The van der Waals surface area contributed by atoms with Crippen LogP contribution in [0.25, 0.3) is 5.57 Å². The van der Waals surface area contributed by atoms with Crippen molar-refractivity contribution in [2.45, 2.75) is 20.3 Å². The van der Waals surface area contributed by atoms with Crippen molar-refractivity contribution < 1.29 is 4.74 Å². The molecule has 0 N–H and O–H groups in total. The summed E-state index contributed by atoms with van der Waals surface area (Å²) in [4.78, 5) is 0. The fourth-order valence-electron chi connectivity index (χ4n) is 1.36. The molecule has 0 saturated heterocycles. The number of allylic oxidation sites excluding steroid dienone is 3. The molecular formula is C14H18O. The fraction of sp³-hybridized carbons (Fsp3) is 0.286. The number of rotatable bonds is 5. The monoisotopic (exact) mass is 202 g/mol. The Morgan fingerprint density at radius 2 is 1.93 bits per heavy atom. The number of benzene rings is 1. The maximum Gasteiger partial charge on any atom is 0.0962 e. The molecule has 0 aliphatic rings. The Hall–Kier alpha value is -1.50. The van der Waals surface area contributed by atoms with Crippen LogP contribution in [0.15, 0.2) is 48.7 Å². The fourth-order valence-corrected chi connectivity index (χ4v) is 1.36. The summed E-state index contributed by atoms with van der Waals surface area (Å²) in [7, 11) is 0. The van der Waals surface area contributed by atoms with Crippen LogP contribution in [0.1, 0.15) is 25.8 Å². The highest BCUT2D eigenvalue weighted by molar-refractivity contribution is 5.72. The van der Waals surface area contributed by atoms with Crippen molar-refractivity contribution in [1.82, 2.24) is 0 Å². The van der Waals surface area contributed by atoms with Gasteiger partial charge < -0.3 is 4.74 Å². The van der Waals surface area contributed by atoms with Crippen molar-refractivity contribution >= 4 is 5.57 Å². The molecule has 1 heteroatoms. The average molecular weight is 202 g/mol. The molecule has 0 bridgehead atoms. The van der Waals surface area contributed by atoms with Crippen LogP contribution in [0.5, 0.6) is 0 Å². The SMILES string of the molecule is C=C(C=C(CC)OCC)c1ccccc1. The number of hydrogen-bond donors (Lipinski definition) is 0. The standard InChI is InChI=1S/C14H18O/c1-4-14(15-5-2)11-12(3)13-9-7-6-8-10-13/h6-11H,3-5H2,1-2H3. The summed E-state index contributed by atoms with van der Waals surface area (Å²) in [5.41, 5.74) is 2.14. The lowest BCUT2D eigenvalue weighted by atomic mass is 10.1. The predicted molar refractivity (Wildman–Crippen MR) is 65.5 cm³/mol. The summed E-state index contributed by atoms with van der Waals surface area (Å²) in [6.45, 7) is 8.83. The number of ether oxygens (including phenoxy) is 1. The van der Waals surface area contributed by atoms with Crippen molar-refractivity contribution in [2.75, 3.05) is 6.61 Å². The molecule has 1 nitrogen and oxygen atoms in total. The molecule has 0 aliphatic carbocycles. The molecule has 15 heavy (non-hydrogen) atoms. The normalized spacial score (nSPS) is 11.2. The third kappa shape index (κ3) is 3.62. The van der Waals surface area contributed by atoms with Gasteiger partial charge in [0, 0.05) is 6.42 Å². The van der Waals surface area contributed by atoms with Gasteiger partial charge in [-0.3, -0.25) is 0 Å². The summed E-state index contributed by atoms with van der Waals surface area (Å²) >= 11 is 0. The molecule has 1 aromatic rings. The second-order valence-corrected chi connectivity index (χ2v) is 3.29. The van der Waals surface area contributed by atoms with Gasteiger partial charge in [-0.05, 0) is 24.1 Å². The minimum absolute atomic E-state index is 0.710. The molecule has 0 unspecified atom stereocenters. The number of hydrogen-bond acceptors (Lipinski definition) is 1. The van der Waals surface area contributed by atoms with E-state index in [1.54, 1.807) is 0 Å². The molecule has 0 spiro atoms. The lowest BCUT2D eigenvalue weighted by molar-refractivity contribution is 0.221. The van der Waals surface area contributed by atoms with Gasteiger partial charge in [0.25, 0.3) is 0 Å². The molecule has 0 aliphatic heterocycles. The minimum atomic E-state index is 0.710. The van der Waals surface area contributed by atoms with E-state index in [1.165, 1.54) is 0 Å². The Morgan fingerprint density at radius 1 is 1.27 bits per heavy atom. The first kappa shape index (κ1) is 11.6. The van der Waals surface area contributed by atoms with E-state index in [0.29, 0.717) is 6.61 Å². The largest absolute Gasteiger partial charge is 0.498 e. The molecular weight excluding hydrogens is 184 g/mol. The van der Waals surface area contributed by atoms with E-state index < -0.39 is 0 Å². The molecule has 80 valence electrons. The van der Waals surface area contributed by atoms with Crippen LogP contribution in [0.3, 0.4) is 0 Å². The molecule has 0 aromatic heterocycles. The first-order valence-corrected chi connectivity index (χ1v) is 5.35. The summed E-state index contributed by atoms with van der Waals surface area (Å²) in [5.74, 6) is 0.992. The Bertz CT molecular complexity index is 336. The minimum Gasteiger partial charge on any atom is -0.498 e. The smallest absolute Gasteiger partial charge is 0.0962 e. The highest BCUT2D eigenvalue weighted by atomic mass is 16.5. The Labute approximate surface area is 92.1 Å². The van der Waals surface area contributed by atoms with Crippen LogP contribution < -0.4 is 0 Å². The maximum absolute atomic E-state index is 5.48. The molecule has 0 radical (unpaired) electrons. The van der Waals surface area contributed by atoms with Gasteiger partial charge in [-0.15, -0.1) is 0 Å². The first-order valence-electron chi connectivity index (χ1n) is 5.35. The van der Waals surface area contributed by atoms with Crippen LogP contribution in [0, 0.1) is 0 Å². The lowest BCUT2D eigenvalue weighted by Gasteiger charge is -2.07. The average Bonchev–Trinajstić information content (AvgIpc) is 2.29. The highest BCUT2D eigenvalue weighted by Crippen LogP contribution is 2.16. The molecule has 0 heterocycles. The van der Waals surface area contributed by atoms with Crippen molar-refractivity contribution in [3.05, 3.63) is 54.3 Å². The molecule has 0 saturated carbocycles. The van der Waals surface area contributed by atoms with E-state index in [1.807, 2.05) is 31.2 Å². The van der Waals surface area contributed by atoms with E-state index in [2.05, 4.69) is 25.6 Å². The second-order valence-electron chi connectivity index (χ2n) is 3.29. The van der Waals surface area contributed by atoms with Gasteiger partial charge in [0.1, 0.15) is 0 Å². The van der Waals surface area contributed by atoms with Crippen LogP contribution in [-0.4, -0.2) is 6.61 Å². The third-order valence-electron chi connectivity index (χ3n) is 2.16. The van der Waals surface area contributed by atoms with Crippen LogP contribution in [0.2, 0.25) is 0 Å². The zero-order chi connectivity index (χ0) is 11.1. The molecule has 0 fully saturated rings. The topological polar surface area (TPSA) is 9.23 Å². The van der Waals surface area contributed by atoms with Crippen molar-refractivity contribution in [3.8, 4) is 0 Å². The quantitative estimate of drug-likeness (QED) is 0.517.